The quantitative estimate of drug-likeness (QED) is 0.619. The second-order valence-electron chi connectivity index (χ2n) is 7.53. The van der Waals surface area contributed by atoms with Crippen LogP contribution in [-0.4, -0.2) is 5.78 Å². The number of hydrogen-bond acceptors (Lipinski definition) is 4. The molecule has 0 spiro atoms. The second-order valence-corrected chi connectivity index (χ2v) is 7.53. The molecule has 2 aromatic carbocycles. The third-order valence-corrected chi connectivity index (χ3v) is 5.63. The number of fused-ring (bicyclic) bond motifs is 1. The summed E-state index contributed by atoms with van der Waals surface area (Å²) in [5.41, 5.74) is 4.95. The van der Waals surface area contributed by atoms with Crippen LogP contribution in [0.1, 0.15) is 41.9 Å². The number of ketones is 1. The number of allylic oxidation sites excluding steroid dienone is 1. The molecule has 0 amide bonds. The first-order chi connectivity index (χ1) is 13.7. The first-order valence-electron chi connectivity index (χ1n) is 9.69. The number of carbonyl (C=O) groups excluding carboxylic acids is 1. The fourth-order valence-corrected chi connectivity index (χ4v) is 4.28. The van der Waals surface area contributed by atoms with E-state index < -0.39 is 0 Å². The molecule has 3 aromatic rings. The van der Waals surface area contributed by atoms with Gasteiger partial charge in [-0.3, -0.25) is 4.79 Å². The van der Waals surface area contributed by atoms with Gasteiger partial charge < -0.3 is 15.1 Å². The van der Waals surface area contributed by atoms with E-state index in [1.165, 1.54) is 5.56 Å². The Morgan fingerprint density at radius 1 is 0.893 bits per heavy atom. The molecule has 4 heteroatoms. The van der Waals surface area contributed by atoms with Gasteiger partial charge in [-0.1, -0.05) is 42.5 Å². The summed E-state index contributed by atoms with van der Waals surface area (Å²) in [5.74, 6) is 1.97. The molecule has 4 nitrogen and oxygen atoms in total. The highest BCUT2D eigenvalue weighted by molar-refractivity contribution is 6.01. The van der Waals surface area contributed by atoms with Crippen molar-refractivity contribution in [2.75, 3.05) is 10.6 Å². The lowest BCUT2D eigenvalue weighted by molar-refractivity contribution is -0.116. The zero-order valence-corrected chi connectivity index (χ0v) is 15.7. The minimum Gasteiger partial charge on any atom is -0.464 e. The summed E-state index contributed by atoms with van der Waals surface area (Å²) in [5, 5.41) is 7.09. The third kappa shape index (κ3) is 2.91. The lowest BCUT2D eigenvalue weighted by Gasteiger charge is -2.29. The number of Topliss-reactive ketones (excluding diaryl/α,β-unsaturated/α-hetero) is 1. The van der Waals surface area contributed by atoms with Crippen molar-refractivity contribution < 1.29 is 9.21 Å². The van der Waals surface area contributed by atoms with E-state index in [9.17, 15) is 4.79 Å². The summed E-state index contributed by atoms with van der Waals surface area (Å²) in [7, 11) is 0. The average molecular weight is 370 g/mol. The van der Waals surface area contributed by atoms with E-state index in [2.05, 4.69) is 22.8 Å². The van der Waals surface area contributed by atoms with Crippen molar-refractivity contribution in [1.82, 2.24) is 0 Å². The van der Waals surface area contributed by atoms with Crippen LogP contribution in [-0.2, 0) is 4.79 Å². The van der Waals surface area contributed by atoms with Gasteiger partial charge in [-0.05, 0) is 49.1 Å². The predicted molar refractivity (Wildman–Crippen MR) is 110 cm³/mol. The lowest BCUT2D eigenvalue weighted by Crippen LogP contribution is -2.26. The lowest BCUT2D eigenvalue weighted by atomic mass is 9.79. The van der Waals surface area contributed by atoms with E-state index in [4.69, 9.17) is 4.42 Å². The third-order valence-electron chi connectivity index (χ3n) is 5.63. The molecule has 1 aliphatic heterocycles. The number of carbonyl (C=O) groups is 1. The maximum absolute atomic E-state index is 13.3. The molecule has 140 valence electrons. The first-order valence-corrected chi connectivity index (χ1v) is 9.69. The summed E-state index contributed by atoms with van der Waals surface area (Å²) < 4.78 is 5.93. The number of para-hydroxylation sites is 2. The van der Waals surface area contributed by atoms with Crippen LogP contribution in [0.4, 0.5) is 11.4 Å². The van der Waals surface area contributed by atoms with Crippen molar-refractivity contribution in [2.45, 2.75) is 31.7 Å². The van der Waals surface area contributed by atoms with Gasteiger partial charge in [-0.2, -0.15) is 0 Å². The molecule has 28 heavy (non-hydrogen) atoms. The molecule has 0 unspecified atom stereocenters. The molecule has 0 saturated heterocycles. The summed E-state index contributed by atoms with van der Waals surface area (Å²) in [6.45, 7) is 1.93. The molecule has 2 N–H and O–H groups in total. The van der Waals surface area contributed by atoms with Crippen molar-refractivity contribution in [3.63, 3.8) is 0 Å². The number of anilines is 2. The maximum atomic E-state index is 13.3. The molecule has 1 aromatic heterocycles. The Labute approximate surface area is 164 Å². The Balaban J connectivity index is 1.61. The Kier molecular flexibility index (Phi) is 4.05. The van der Waals surface area contributed by atoms with Crippen LogP contribution in [0.3, 0.4) is 0 Å². The Morgan fingerprint density at radius 2 is 1.64 bits per heavy atom. The number of nitrogens with one attached hydrogen (secondary N) is 2. The molecule has 5 rings (SSSR count). The van der Waals surface area contributed by atoms with Crippen LogP contribution in [0.15, 0.2) is 82.4 Å². The van der Waals surface area contributed by atoms with Crippen LogP contribution >= 0.6 is 0 Å². The number of hydrogen-bond donors (Lipinski definition) is 2. The van der Waals surface area contributed by atoms with Gasteiger partial charge >= 0.3 is 0 Å². The molecular formula is C24H22N2O2. The SMILES string of the molecule is Cc1ccc([C@H]2Nc3ccccc3NC3=C2C(=O)C[C@H](c2ccccc2)C3)o1. The smallest absolute Gasteiger partial charge is 0.163 e. The van der Waals surface area contributed by atoms with Gasteiger partial charge in [-0.15, -0.1) is 0 Å². The zero-order valence-electron chi connectivity index (χ0n) is 15.7. The van der Waals surface area contributed by atoms with E-state index in [1.807, 2.05) is 61.5 Å². The predicted octanol–water partition coefficient (Wildman–Crippen LogP) is 5.57. The van der Waals surface area contributed by atoms with Crippen molar-refractivity contribution in [1.29, 1.82) is 0 Å². The molecule has 2 atom stereocenters. The minimum absolute atomic E-state index is 0.168. The Morgan fingerprint density at radius 3 is 2.39 bits per heavy atom. The summed E-state index contributed by atoms with van der Waals surface area (Å²) in [4.78, 5) is 13.3. The summed E-state index contributed by atoms with van der Waals surface area (Å²) in [6, 6.07) is 22.0. The molecule has 2 heterocycles. The molecule has 1 aliphatic carbocycles. The monoisotopic (exact) mass is 370 g/mol. The van der Waals surface area contributed by atoms with Crippen molar-refractivity contribution in [2.24, 2.45) is 0 Å². The van der Waals surface area contributed by atoms with Gasteiger partial charge in [0.2, 0.25) is 0 Å². The van der Waals surface area contributed by atoms with Crippen LogP contribution in [0, 0.1) is 6.92 Å². The highest BCUT2D eigenvalue weighted by Gasteiger charge is 2.37. The number of furan rings is 1. The van der Waals surface area contributed by atoms with Crippen LogP contribution in [0.25, 0.3) is 0 Å². The molecule has 2 aliphatic rings. The summed E-state index contributed by atoms with van der Waals surface area (Å²) in [6.07, 6.45) is 1.32. The normalized spacial score (nSPS) is 21.2. The Hall–Kier alpha value is -3.27. The zero-order chi connectivity index (χ0) is 19.1. The number of benzene rings is 2. The van der Waals surface area contributed by atoms with Gasteiger partial charge in [0.1, 0.15) is 17.6 Å². The van der Waals surface area contributed by atoms with Gasteiger partial charge in [0.15, 0.2) is 5.78 Å². The first kappa shape index (κ1) is 16.9. The molecule has 0 radical (unpaired) electrons. The summed E-state index contributed by atoms with van der Waals surface area (Å²) >= 11 is 0. The minimum atomic E-state index is -0.288. The fraction of sp³-hybridized carbons (Fsp3) is 0.208. The van der Waals surface area contributed by atoms with E-state index in [-0.39, 0.29) is 17.7 Å². The van der Waals surface area contributed by atoms with Crippen LogP contribution in [0.2, 0.25) is 0 Å². The van der Waals surface area contributed by atoms with Gasteiger partial charge in [0, 0.05) is 17.7 Å². The van der Waals surface area contributed by atoms with Crippen LogP contribution < -0.4 is 10.6 Å². The van der Waals surface area contributed by atoms with Gasteiger partial charge in [-0.25, -0.2) is 0 Å². The van der Waals surface area contributed by atoms with E-state index in [0.29, 0.717) is 6.42 Å². The average Bonchev–Trinajstić information content (AvgIpc) is 3.06. The van der Waals surface area contributed by atoms with Crippen molar-refractivity contribution >= 4 is 17.2 Å². The molecule has 0 bridgehead atoms. The van der Waals surface area contributed by atoms with Gasteiger partial charge in [0.05, 0.1) is 11.4 Å². The second kappa shape index (κ2) is 6.71. The molecular weight excluding hydrogens is 348 g/mol. The molecule has 0 fully saturated rings. The fourth-order valence-electron chi connectivity index (χ4n) is 4.28. The highest BCUT2D eigenvalue weighted by atomic mass is 16.3. The van der Waals surface area contributed by atoms with Crippen molar-refractivity contribution in [3.05, 3.63) is 95.1 Å². The number of rotatable bonds is 2. The van der Waals surface area contributed by atoms with Gasteiger partial charge in [0.25, 0.3) is 0 Å². The van der Waals surface area contributed by atoms with Crippen LogP contribution in [0.5, 0.6) is 0 Å². The van der Waals surface area contributed by atoms with Crippen molar-refractivity contribution in [3.8, 4) is 0 Å². The maximum Gasteiger partial charge on any atom is 0.163 e. The number of aryl methyl sites for hydroxylation is 1. The largest absolute Gasteiger partial charge is 0.464 e. The van der Waals surface area contributed by atoms with E-state index in [0.717, 1.165) is 40.6 Å². The topological polar surface area (TPSA) is 54.3 Å². The molecule has 0 saturated carbocycles. The standard InChI is InChI=1S/C24H22N2O2/c1-15-11-12-22(28-15)24-23-20(25-18-9-5-6-10-19(18)26-24)13-17(14-21(23)27)16-7-3-2-4-8-16/h2-12,17,24-26H,13-14H2,1H3/t17-,24-/m1/s1. The Bertz CT molecular complexity index is 1060. The van der Waals surface area contributed by atoms with E-state index in [1.54, 1.807) is 0 Å². The van der Waals surface area contributed by atoms with E-state index >= 15 is 0 Å². The highest BCUT2D eigenvalue weighted by Crippen LogP contribution is 2.44.